The monoisotopic (exact) mass is 401 g/mol. The second-order valence-electron chi connectivity index (χ2n) is 6.46. The van der Waals surface area contributed by atoms with Crippen LogP contribution in [0.15, 0.2) is 52.8 Å². The Morgan fingerprint density at radius 1 is 1.37 bits per heavy atom. The third kappa shape index (κ3) is 4.04. The van der Waals surface area contributed by atoms with Crippen LogP contribution in [0.4, 0.5) is 0 Å². The number of benzene rings is 1. The van der Waals surface area contributed by atoms with Gasteiger partial charge in [-0.1, -0.05) is 6.08 Å². The summed E-state index contributed by atoms with van der Waals surface area (Å²) in [7, 11) is 2.06. The van der Waals surface area contributed by atoms with E-state index in [1.54, 1.807) is 6.33 Å². The van der Waals surface area contributed by atoms with E-state index in [-0.39, 0.29) is 10.6 Å². The minimum atomic E-state index is -0.0940. The maximum absolute atomic E-state index is 12.1. The number of nitrogens with one attached hydrogen (secondary N) is 1. The van der Waals surface area contributed by atoms with Crippen LogP contribution in [-0.2, 0) is 11.3 Å². The molecule has 1 amide bonds. The second-order valence-corrected chi connectivity index (χ2v) is 8.49. The topological polar surface area (TPSA) is 62.5 Å². The standard InChI is InChI=1S/C19H20ClN5OS/c1-24-9-8-21-18(24)13-2-4-15(5-3-13)25-11-14(23-12-25)10-22-19(26)16-6-7-17(20)27-16/h2-6,11-12,17H,7-10H2,1H3,(H,22,26). The van der Waals surface area contributed by atoms with Crippen LogP contribution in [0.25, 0.3) is 5.69 Å². The molecule has 3 heterocycles. The van der Waals surface area contributed by atoms with E-state index < -0.39 is 0 Å². The number of amidine groups is 1. The van der Waals surface area contributed by atoms with Gasteiger partial charge in [0.1, 0.15) is 5.84 Å². The summed E-state index contributed by atoms with van der Waals surface area (Å²) in [5, 5.41) is 2.89. The Morgan fingerprint density at radius 3 is 2.85 bits per heavy atom. The highest BCUT2D eigenvalue weighted by Crippen LogP contribution is 2.34. The van der Waals surface area contributed by atoms with Gasteiger partial charge in [-0.2, -0.15) is 0 Å². The minimum absolute atomic E-state index is 0.0390. The number of thioether (sulfide) groups is 1. The first kappa shape index (κ1) is 18.1. The number of carbonyl (C=O) groups is 1. The van der Waals surface area contributed by atoms with Gasteiger partial charge < -0.3 is 14.8 Å². The van der Waals surface area contributed by atoms with Crippen LogP contribution in [0, 0.1) is 0 Å². The van der Waals surface area contributed by atoms with E-state index in [0.29, 0.717) is 11.4 Å². The fraction of sp³-hybridized carbons (Fsp3) is 0.316. The molecule has 140 valence electrons. The van der Waals surface area contributed by atoms with Crippen molar-refractivity contribution < 1.29 is 4.79 Å². The van der Waals surface area contributed by atoms with Crippen molar-refractivity contribution in [3.63, 3.8) is 0 Å². The summed E-state index contributed by atoms with van der Waals surface area (Å²) >= 11 is 7.40. The van der Waals surface area contributed by atoms with Crippen molar-refractivity contribution in [1.29, 1.82) is 0 Å². The van der Waals surface area contributed by atoms with E-state index in [1.165, 1.54) is 11.8 Å². The third-order valence-electron chi connectivity index (χ3n) is 4.52. The Bertz CT molecular complexity index is 905. The van der Waals surface area contributed by atoms with Crippen LogP contribution >= 0.6 is 23.4 Å². The van der Waals surface area contributed by atoms with Crippen LogP contribution in [0.5, 0.6) is 0 Å². The molecule has 0 spiro atoms. The predicted octanol–water partition coefficient (Wildman–Crippen LogP) is 2.77. The molecular formula is C19H20ClN5OS. The maximum Gasteiger partial charge on any atom is 0.257 e. The molecule has 27 heavy (non-hydrogen) atoms. The SMILES string of the molecule is CN1CCN=C1c1ccc(-n2cnc(CNC(=O)C3=CCC(Cl)S3)c2)cc1. The summed E-state index contributed by atoms with van der Waals surface area (Å²) in [6, 6.07) is 8.25. The number of likely N-dealkylation sites (N-methyl/N-ethyl adjacent to an activating group) is 1. The Balaban J connectivity index is 1.38. The van der Waals surface area contributed by atoms with E-state index in [2.05, 4.69) is 51.5 Å². The molecule has 2 aliphatic heterocycles. The molecule has 4 rings (SSSR count). The number of carbonyl (C=O) groups excluding carboxylic acids is 1. The molecule has 6 nitrogen and oxygen atoms in total. The number of alkyl halides is 1. The Morgan fingerprint density at radius 2 is 2.19 bits per heavy atom. The van der Waals surface area contributed by atoms with E-state index in [1.807, 2.05) is 16.8 Å². The van der Waals surface area contributed by atoms with Gasteiger partial charge in [-0.3, -0.25) is 9.79 Å². The molecule has 1 aromatic carbocycles. The quantitative estimate of drug-likeness (QED) is 0.782. The Hall–Kier alpha value is -2.25. The van der Waals surface area contributed by atoms with Gasteiger partial charge in [0.25, 0.3) is 5.91 Å². The van der Waals surface area contributed by atoms with E-state index in [4.69, 9.17) is 11.6 Å². The lowest BCUT2D eigenvalue weighted by atomic mass is 10.2. The lowest BCUT2D eigenvalue weighted by Gasteiger charge is -2.14. The van der Waals surface area contributed by atoms with Crippen molar-refractivity contribution in [3.05, 3.63) is 59.0 Å². The highest BCUT2D eigenvalue weighted by atomic mass is 35.5. The van der Waals surface area contributed by atoms with Crippen molar-refractivity contribution in [3.8, 4) is 5.69 Å². The number of hydrogen-bond donors (Lipinski definition) is 1. The lowest BCUT2D eigenvalue weighted by Crippen LogP contribution is -2.23. The maximum atomic E-state index is 12.1. The molecule has 0 saturated carbocycles. The smallest absolute Gasteiger partial charge is 0.257 e. The van der Waals surface area contributed by atoms with E-state index in [9.17, 15) is 4.79 Å². The number of nitrogens with zero attached hydrogens (tertiary/aromatic N) is 4. The van der Waals surface area contributed by atoms with Crippen LogP contribution < -0.4 is 5.32 Å². The number of hydrogen-bond acceptors (Lipinski definition) is 5. The molecule has 0 bridgehead atoms. The molecule has 1 aromatic heterocycles. The zero-order chi connectivity index (χ0) is 18.8. The van der Waals surface area contributed by atoms with Crippen LogP contribution in [-0.4, -0.2) is 51.0 Å². The molecule has 1 N–H and O–H groups in total. The number of aliphatic imine (C=N–C) groups is 1. The summed E-state index contributed by atoms with van der Waals surface area (Å²) in [6.45, 7) is 2.20. The fourth-order valence-electron chi connectivity index (χ4n) is 3.06. The van der Waals surface area contributed by atoms with Crippen molar-refractivity contribution in [2.45, 2.75) is 17.7 Å². The molecule has 2 aliphatic rings. The average Bonchev–Trinajstić information content (AvgIpc) is 3.41. The minimum Gasteiger partial charge on any atom is -0.358 e. The molecule has 0 radical (unpaired) electrons. The summed E-state index contributed by atoms with van der Waals surface area (Å²) in [4.78, 5) is 23.9. The Kier molecular flexibility index (Phi) is 5.22. The average molecular weight is 402 g/mol. The normalized spacial score (nSPS) is 19.2. The first-order chi connectivity index (χ1) is 13.1. The van der Waals surface area contributed by atoms with Gasteiger partial charge in [0, 0.05) is 31.0 Å². The number of rotatable bonds is 5. The molecule has 0 fully saturated rings. The molecule has 8 heteroatoms. The Labute approximate surface area is 167 Å². The van der Waals surface area contributed by atoms with Crippen molar-refractivity contribution in [2.24, 2.45) is 4.99 Å². The second kappa shape index (κ2) is 7.78. The van der Waals surface area contributed by atoms with Crippen LogP contribution in [0.1, 0.15) is 17.7 Å². The number of amides is 1. The summed E-state index contributed by atoms with van der Waals surface area (Å²) in [5.41, 5.74) is 2.94. The van der Waals surface area contributed by atoms with Crippen LogP contribution in [0.2, 0.25) is 0 Å². The number of allylic oxidation sites excluding steroid dienone is 1. The first-order valence-corrected chi connectivity index (χ1v) is 10.1. The van der Waals surface area contributed by atoms with Gasteiger partial charge in [-0.25, -0.2) is 4.98 Å². The van der Waals surface area contributed by atoms with Crippen molar-refractivity contribution >= 4 is 35.1 Å². The number of aromatic nitrogens is 2. The first-order valence-electron chi connectivity index (χ1n) is 8.78. The van der Waals surface area contributed by atoms with Crippen LogP contribution in [0.3, 0.4) is 0 Å². The summed E-state index contributed by atoms with van der Waals surface area (Å²) in [6.07, 6.45) is 6.29. The molecule has 1 atom stereocenters. The van der Waals surface area contributed by atoms with Crippen molar-refractivity contribution in [2.75, 3.05) is 20.1 Å². The largest absolute Gasteiger partial charge is 0.358 e. The number of halogens is 1. The highest BCUT2D eigenvalue weighted by molar-refractivity contribution is 8.05. The van der Waals surface area contributed by atoms with Gasteiger partial charge >= 0.3 is 0 Å². The van der Waals surface area contributed by atoms with Crippen molar-refractivity contribution in [1.82, 2.24) is 19.8 Å². The van der Waals surface area contributed by atoms with Gasteiger partial charge in [-0.05, 0) is 30.7 Å². The highest BCUT2D eigenvalue weighted by Gasteiger charge is 2.20. The molecule has 2 aromatic rings. The third-order valence-corrected chi connectivity index (χ3v) is 6.02. The van der Waals surface area contributed by atoms with Gasteiger partial charge in [0.05, 0.1) is 34.7 Å². The van der Waals surface area contributed by atoms with Gasteiger partial charge in [0.15, 0.2) is 0 Å². The molecule has 0 saturated heterocycles. The zero-order valence-corrected chi connectivity index (χ0v) is 16.5. The molecular weight excluding hydrogens is 382 g/mol. The van der Waals surface area contributed by atoms with E-state index in [0.717, 1.165) is 42.3 Å². The zero-order valence-electron chi connectivity index (χ0n) is 14.9. The summed E-state index contributed by atoms with van der Waals surface area (Å²) in [5.74, 6) is 0.942. The molecule has 1 unspecified atom stereocenters. The summed E-state index contributed by atoms with van der Waals surface area (Å²) < 4.78 is 1.91. The van der Waals surface area contributed by atoms with Gasteiger partial charge in [0.2, 0.25) is 0 Å². The predicted molar refractivity (Wildman–Crippen MR) is 109 cm³/mol. The fourth-order valence-corrected chi connectivity index (χ4v) is 4.28. The van der Waals surface area contributed by atoms with E-state index >= 15 is 0 Å². The van der Waals surface area contributed by atoms with Gasteiger partial charge in [-0.15, -0.1) is 23.4 Å². The number of imidazole rings is 1. The molecule has 0 aliphatic carbocycles. The lowest BCUT2D eigenvalue weighted by molar-refractivity contribution is -0.116.